The van der Waals surface area contributed by atoms with E-state index < -0.39 is 0 Å². The molecular weight excluding hydrogens is 314 g/mol. The van der Waals surface area contributed by atoms with Gasteiger partial charge in [-0.2, -0.15) is 0 Å². The van der Waals surface area contributed by atoms with Crippen molar-refractivity contribution in [2.75, 3.05) is 33.1 Å². The van der Waals surface area contributed by atoms with E-state index in [-0.39, 0.29) is 0 Å². The molecule has 1 heterocycles. The molecule has 0 aliphatic carbocycles. The summed E-state index contributed by atoms with van der Waals surface area (Å²) in [6.07, 6.45) is 0. The molecule has 0 bridgehead atoms. The monoisotopic (exact) mass is 336 g/mol. The van der Waals surface area contributed by atoms with E-state index in [0.29, 0.717) is 11.2 Å². The van der Waals surface area contributed by atoms with Crippen LogP contribution in [0.1, 0.15) is 10.9 Å². The molecule has 2 rings (SSSR count). The number of nitrogens with one attached hydrogen (secondary N) is 3. The van der Waals surface area contributed by atoms with E-state index in [9.17, 15) is 0 Å². The molecule has 2 aromatic rings. The Hall–Kier alpha value is -1.63. The first-order chi connectivity index (χ1) is 10.6. The van der Waals surface area contributed by atoms with Crippen molar-refractivity contribution in [3.05, 3.63) is 46.7 Å². The third kappa shape index (κ3) is 4.69. The molecule has 0 saturated heterocycles. The smallest absolute Gasteiger partial charge is 0.171 e. The molecule has 0 spiro atoms. The Morgan fingerprint density at radius 3 is 2.55 bits per heavy atom. The first kappa shape index (κ1) is 16.7. The Kier molecular flexibility index (Phi) is 6.18. The van der Waals surface area contributed by atoms with Crippen LogP contribution in [0.4, 0.5) is 5.69 Å². The van der Waals surface area contributed by atoms with Crippen LogP contribution in [0, 0.1) is 0 Å². The van der Waals surface area contributed by atoms with Gasteiger partial charge in [0.05, 0.1) is 32.6 Å². The second-order valence-corrected chi connectivity index (χ2v) is 6.60. The topological polar surface area (TPSA) is 37.7 Å². The Balaban J connectivity index is 1.88. The molecule has 3 N–H and O–H groups in total. The van der Waals surface area contributed by atoms with Crippen molar-refractivity contribution >= 4 is 34.4 Å². The lowest BCUT2D eigenvalue weighted by Gasteiger charge is -2.21. The zero-order chi connectivity index (χ0) is 15.9. The van der Waals surface area contributed by atoms with Gasteiger partial charge < -0.3 is 20.3 Å². The minimum absolute atomic E-state index is 0.385. The highest BCUT2D eigenvalue weighted by Gasteiger charge is 2.18. The lowest BCUT2D eigenvalue weighted by atomic mass is 10.2. The number of hydrogen-bond acceptors (Lipinski definition) is 3. The van der Waals surface area contributed by atoms with Gasteiger partial charge in [-0.05, 0) is 47.9 Å². The first-order valence-electron chi connectivity index (χ1n) is 7.12. The average molecular weight is 337 g/mol. The molecule has 0 radical (unpaired) electrons. The van der Waals surface area contributed by atoms with E-state index in [0.717, 1.165) is 18.0 Å². The van der Waals surface area contributed by atoms with Crippen LogP contribution in [0.3, 0.4) is 0 Å². The molecule has 1 aromatic carbocycles. The second-order valence-electron chi connectivity index (χ2n) is 5.21. The maximum absolute atomic E-state index is 5.37. The number of anilines is 1. The van der Waals surface area contributed by atoms with E-state index in [1.54, 1.807) is 18.4 Å². The third-order valence-corrected chi connectivity index (χ3v) is 4.63. The molecule has 0 saturated carbocycles. The highest BCUT2D eigenvalue weighted by atomic mass is 32.1. The fourth-order valence-corrected chi connectivity index (χ4v) is 3.28. The van der Waals surface area contributed by atoms with Gasteiger partial charge in [-0.3, -0.25) is 0 Å². The Morgan fingerprint density at radius 2 is 2.00 bits per heavy atom. The van der Waals surface area contributed by atoms with E-state index in [1.165, 1.54) is 9.78 Å². The number of likely N-dealkylation sites (N-methyl/N-ethyl adjacent to an activating group) is 1. The van der Waals surface area contributed by atoms with Gasteiger partial charge in [0.1, 0.15) is 11.8 Å². The van der Waals surface area contributed by atoms with Crippen molar-refractivity contribution in [2.24, 2.45) is 0 Å². The van der Waals surface area contributed by atoms with Gasteiger partial charge in [0, 0.05) is 5.69 Å². The lowest BCUT2D eigenvalue weighted by molar-refractivity contribution is -0.890. The summed E-state index contributed by atoms with van der Waals surface area (Å²) in [5.41, 5.74) is 0.947. The number of ether oxygens (including phenoxy) is 1. The van der Waals surface area contributed by atoms with Crippen molar-refractivity contribution in [1.29, 1.82) is 0 Å². The summed E-state index contributed by atoms with van der Waals surface area (Å²) in [5.74, 6) is 0.832. The molecular formula is C16H22N3OS2+. The van der Waals surface area contributed by atoms with Crippen LogP contribution in [0.25, 0.3) is 0 Å². The largest absolute Gasteiger partial charge is 0.497 e. The predicted molar refractivity (Wildman–Crippen MR) is 97.1 cm³/mol. The van der Waals surface area contributed by atoms with Crippen molar-refractivity contribution in [3.63, 3.8) is 0 Å². The van der Waals surface area contributed by atoms with E-state index in [1.807, 2.05) is 24.3 Å². The van der Waals surface area contributed by atoms with Gasteiger partial charge in [0.15, 0.2) is 5.11 Å². The van der Waals surface area contributed by atoms with E-state index >= 15 is 0 Å². The molecule has 0 amide bonds. The minimum Gasteiger partial charge on any atom is -0.497 e. The SMILES string of the molecule is COc1ccc(NC(=S)NC[C@H](c2cccs2)[NH+](C)C)cc1. The van der Waals surface area contributed by atoms with Crippen LogP contribution in [0.15, 0.2) is 41.8 Å². The highest BCUT2D eigenvalue weighted by Crippen LogP contribution is 2.16. The Labute approximate surface area is 141 Å². The van der Waals surface area contributed by atoms with Crippen LogP contribution >= 0.6 is 23.6 Å². The van der Waals surface area contributed by atoms with Crippen molar-refractivity contribution < 1.29 is 9.64 Å². The molecule has 6 heteroatoms. The van der Waals surface area contributed by atoms with Crippen LogP contribution in [-0.2, 0) is 0 Å². The molecule has 0 unspecified atom stereocenters. The number of benzene rings is 1. The number of hydrogen-bond donors (Lipinski definition) is 3. The number of quaternary nitrogens is 1. The Morgan fingerprint density at radius 1 is 1.27 bits per heavy atom. The fraction of sp³-hybridized carbons (Fsp3) is 0.312. The van der Waals surface area contributed by atoms with Crippen LogP contribution < -0.4 is 20.3 Å². The van der Waals surface area contributed by atoms with Crippen molar-refractivity contribution in [1.82, 2.24) is 5.32 Å². The molecule has 118 valence electrons. The maximum atomic E-state index is 5.37. The second kappa shape index (κ2) is 8.12. The molecule has 4 nitrogen and oxygen atoms in total. The first-order valence-corrected chi connectivity index (χ1v) is 8.41. The summed E-state index contributed by atoms with van der Waals surface area (Å²) in [6, 6.07) is 12.3. The van der Waals surface area contributed by atoms with Crippen LogP contribution in [-0.4, -0.2) is 32.9 Å². The van der Waals surface area contributed by atoms with Crippen LogP contribution in [0.2, 0.25) is 0 Å². The van der Waals surface area contributed by atoms with Crippen molar-refractivity contribution in [2.45, 2.75) is 6.04 Å². The third-order valence-electron chi connectivity index (χ3n) is 3.40. The Bertz CT molecular complexity index is 582. The van der Waals surface area contributed by atoms with Gasteiger partial charge in [-0.1, -0.05) is 6.07 Å². The van der Waals surface area contributed by atoms with Gasteiger partial charge >= 0.3 is 0 Å². The summed E-state index contributed by atoms with van der Waals surface area (Å²) >= 11 is 7.15. The quantitative estimate of drug-likeness (QED) is 0.705. The summed E-state index contributed by atoms with van der Waals surface area (Å²) in [4.78, 5) is 2.74. The predicted octanol–water partition coefficient (Wildman–Crippen LogP) is 1.93. The summed E-state index contributed by atoms with van der Waals surface area (Å²) in [7, 11) is 5.97. The standard InChI is InChI=1S/C16H21N3OS2/c1-19(2)14(15-5-4-10-22-15)11-17-16(21)18-12-6-8-13(20-3)9-7-12/h4-10,14H,11H2,1-3H3,(H2,17,18,21)/p+1/t14-/m1/s1. The van der Waals surface area contributed by atoms with Gasteiger partial charge in [0.25, 0.3) is 0 Å². The number of thiocarbonyl (C=S) groups is 1. The zero-order valence-corrected chi connectivity index (χ0v) is 14.7. The molecule has 0 aliphatic heterocycles. The fourth-order valence-electron chi connectivity index (χ4n) is 2.12. The molecule has 0 fully saturated rings. The molecule has 1 aromatic heterocycles. The minimum atomic E-state index is 0.385. The number of rotatable bonds is 6. The van der Waals surface area contributed by atoms with Crippen LogP contribution in [0.5, 0.6) is 5.75 Å². The summed E-state index contributed by atoms with van der Waals surface area (Å²) in [6.45, 7) is 0.796. The highest BCUT2D eigenvalue weighted by molar-refractivity contribution is 7.80. The van der Waals surface area contributed by atoms with Gasteiger partial charge in [-0.25, -0.2) is 0 Å². The normalized spacial score (nSPS) is 12.0. The molecule has 0 aliphatic rings. The average Bonchev–Trinajstić information content (AvgIpc) is 3.02. The van der Waals surface area contributed by atoms with Gasteiger partial charge in [0.2, 0.25) is 0 Å². The van der Waals surface area contributed by atoms with E-state index in [4.69, 9.17) is 17.0 Å². The summed E-state index contributed by atoms with van der Waals surface area (Å²) < 4.78 is 5.14. The number of methoxy groups -OCH3 is 1. The summed E-state index contributed by atoms with van der Waals surface area (Å²) in [5, 5.41) is 9.24. The maximum Gasteiger partial charge on any atom is 0.171 e. The van der Waals surface area contributed by atoms with Gasteiger partial charge in [-0.15, -0.1) is 11.3 Å². The zero-order valence-electron chi connectivity index (χ0n) is 13.1. The molecule has 22 heavy (non-hydrogen) atoms. The lowest BCUT2D eigenvalue weighted by Crippen LogP contribution is -3.06. The number of thiophene rings is 1. The van der Waals surface area contributed by atoms with E-state index in [2.05, 4.69) is 42.2 Å². The van der Waals surface area contributed by atoms with Crippen molar-refractivity contribution in [3.8, 4) is 5.75 Å². The molecule has 1 atom stereocenters.